The van der Waals surface area contributed by atoms with Crippen LogP contribution in [0.25, 0.3) is 11.1 Å². The lowest BCUT2D eigenvalue weighted by atomic mass is 10.1. The molecule has 0 saturated carbocycles. The summed E-state index contributed by atoms with van der Waals surface area (Å²) in [6.07, 6.45) is -3.47. The first-order valence-corrected chi connectivity index (χ1v) is 4.97. The first-order chi connectivity index (χ1) is 8.39. The molecule has 0 saturated heterocycles. The Morgan fingerprint density at radius 2 is 1.78 bits per heavy atom. The van der Waals surface area contributed by atoms with Crippen LogP contribution in [0.1, 0.15) is 5.69 Å². The Bertz CT molecular complexity index is 561. The fourth-order valence-electron chi connectivity index (χ4n) is 1.51. The summed E-state index contributed by atoms with van der Waals surface area (Å²) in [7, 11) is 0. The summed E-state index contributed by atoms with van der Waals surface area (Å²) < 4.78 is 50.2. The van der Waals surface area contributed by atoms with Gasteiger partial charge in [-0.15, -0.1) is 0 Å². The van der Waals surface area contributed by atoms with Crippen molar-refractivity contribution in [3.8, 4) is 11.1 Å². The molecule has 0 aliphatic rings. The number of nitrogen functional groups attached to an aromatic ring is 1. The highest BCUT2D eigenvalue weighted by atomic mass is 19.4. The zero-order chi connectivity index (χ0) is 13.3. The van der Waals surface area contributed by atoms with Crippen LogP contribution in [-0.4, -0.2) is 4.98 Å². The van der Waals surface area contributed by atoms with Crippen LogP contribution < -0.4 is 5.73 Å². The van der Waals surface area contributed by atoms with E-state index >= 15 is 0 Å². The Balaban J connectivity index is 2.44. The largest absolute Gasteiger partial charge is 0.433 e. The molecule has 2 aromatic rings. The number of halogens is 4. The maximum absolute atomic E-state index is 13.2. The van der Waals surface area contributed by atoms with E-state index in [9.17, 15) is 17.6 Å². The van der Waals surface area contributed by atoms with Crippen LogP contribution >= 0.6 is 0 Å². The topological polar surface area (TPSA) is 38.9 Å². The van der Waals surface area contributed by atoms with Crippen molar-refractivity contribution >= 4 is 5.69 Å². The van der Waals surface area contributed by atoms with Gasteiger partial charge in [0, 0.05) is 17.3 Å². The molecule has 0 bridgehead atoms. The number of nitrogens with zero attached hydrogens (tertiary/aromatic N) is 1. The summed E-state index contributed by atoms with van der Waals surface area (Å²) in [6.45, 7) is 0. The van der Waals surface area contributed by atoms with Crippen LogP contribution in [0.4, 0.5) is 23.2 Å². The molecular formula is C12H8F4N2. The van der Waals surface area contributed by atoms with E-state index in [1.54, 1.807) is 0 Å². The number of pyridine rings is 1. The van der Waals surface area contributed by atoms with Crippen molar-refractivity contribution in [1.29, 1.82) is 0 Å². The Kier molecular flexibility index (Phi) is 2.94. The molecule has 0 unspecified atom stereocenters. The maximum Gasteiger partial charge on any atom is 0.433 e. The molecule has 1 aromatic carbocycles. The highest BCUT2D eigenvalue weighted by molar-refractivity contribution is 5.76. The Labute approximate surface area is 100 Å². The van der Waals surface area contributed by atoms with Crippen LogP contribution in [0.2, 0.25) is 0 Å². The number of hydrogen-bond acceptors (Lipinski definition) is 2. The lowest BCUT2D eigenvalue weighted by Crippen LogP contribution is -2.07. The standard InChI is InChI=1S/C12H8F4N2/c13-9-3-1-2-8(11(9)17)7-4-5-10(18-6-7)12(14,15)16/h1-6H,17H2. The van der Waals surface area contributed by atoms with E-state index in [0.717, 1.165) is 12.3 Å². The van der Waals surface area contributed by atoms with E-state index in [1.165, 1.54) is 24.3 Å². The average molecular weight is 256 g/mol. The Morgan fingerprint density at radius 1 is 1.06 bits per heavy atom. The number of hydrogen-bond donors (Lipinski definition) is 1. The van der Waals surface area contributed by atoms with Crippen molar-refractivity contribution in [2.75, 3.05) is 5.73 Å². The van der Waals surface area contributed by atoms with Crippen molar-refractivity contribution < 1.29 is 17.6 Å². The van der Waals surface area contributed by atoms with Crippen LogP contribution in [-0.2, 0) is 6.18 Å². The van der Waals surface area contributed by atoms with Gasteiger partial charge in [0.05, 0.1) is 5.69 Å². The fourth-order valence-corrected chi connectivity index (χ4v) is 1.51. The van der Waals surface area contributed by atoms with Crippen molar-refractivity contribution in [3.63, 3.8) is 0 Å². The minimum Gasteiger partial charge on any atom is -0.396 e. The second-order valence-electron chi connectivity index (χ2n) is 3.63. The zero-order valence-electron chi connectivity index (χ0n) is 9.00. The quantitative estimate of drug-likeness (QED) is 0.626. The number of alkyl halides is 3. The predicted octanol–water partition coefficient (Wildman–Crippen LogP) is 3.49. The van der Waals surface area contributed by atoms with E-state index in [-0.39, 0.29) is 5.69 Å². The number of benzene rings is 1. The summed E-state index contributed by atoms with van der Waals surface area (Å²) in [5.41, 5.74) is 5.05. The van der Waals surface area contributed by atoms with E-state index < -0.39 is 17.7 Å². The molecular weight excluding hydrogens is 248 g/mol. The number of para-hydroxylation sites is 1. The van der Waals surface area contributed by atoms with Crippen LogP contribution in [0, 0.1) is 5.82 Å². The number of aromatic nitrogens is 1. The molecule has 0 radical (unpaired) electrons. The molecule has 94 valence electrons. The molecule has 2 nitrogen and oxygen atoms in total. The molecule has 0 fully saturated rings. The van der Waals surface area contributed by atoms with Crippen molar-refractivity contribution in [2.24, 2.45) is 0 Å². The van der Waals surface area contributed by atoms with Gasteiger partial charge in [-0.1, -0.05) is 18.2 Å². The Morgan fingerprint density at radius 3 is 2.33 bits per heavy atom. The van der Waals surface area contributed by atoms with Crippen molar-refractivity contribution in [1.82, 2.24) is 4.98 Å². The maximum atomic E-state index is 13.2. The first-order valence-electron chi connectivity index (χ1n) is 4.97. The number of anilines is 1. The van der Waals surface area contributed by atoms with Gasteiger partial charge in [0.2, 0.25) is 0 Å². The van der Waals surface area contributed by atoms with Crippen molar-refractivity contribution in [2.45, 2.75) is 6.18 Å². The predicted molar refractivity (Wildman–Crippen MR) is 59.0 cm³/mol. The molecule has 2 N–H and O–H groups in total. The smallest absolute Gasteiger partial charge is 0.396 e. The van der Waals surface area contributed by atoms with Gasteiger partial charge in [-0.05, 0) is 12.1 Å². The van der Waals surface area contributed by atoms with Gasteiger partial charge in [0.15, 0.2) is 0 Å². The third-order valence-electron chi connectivity index (χ3n) is 2.42. The number of nitrogens with two attached hydrogens (primary N) is 1. The molecule has 1 heterocycles. The third kappa shape index (κ3) is 2.27. The van der Waals surface area contributed by atoms with Gasteiger partial charge in [-0.25, -0.2) is 4.39 Å². The number of rotatable bonds is 1. The third-order valence-corrected chi connectivity index (χ3v) is 2.42. The minimum absolute atomic E-state index is 0.112. The van der Waals surface area contributed by atoms with Gasteiger partial charge in [-0.3, -0.25) is 4.98 Å². The van der Waals surface area contributed by atoms with Gasteiger partial charge >= 0.3 is 6.18 Å². The van der Waals surface area contributed by atoms with E-state index in [4.69, 9.17) is 5.73 Å². The zero-order valence-corrected chi connectivity index (χ0v) is 9.00. The molecule has 0 spiro atoms. The molecule has 0 amide bonds. The summed E-state index contributed by atoms with van der Waals surface area (Å²) >= 11 is 0. The molecule has 2 rings (SSSR count). The second kappa shape index (κ2) is 4.29. The molecule has 0 aliphatic carbocycles. The monoisotopic (exact) mass is 256 g/mol. The van der Waals surface area contributed by atoms with Crippen LogP contribution in [0.5, 0.6) is 0 Å². The van der Waals surface area contributed by atoms with Crippen LogP contribution in [0.15, 0.2) is 36.5 Å². The molecule has 0 aliphatic heterocycles. The van der Waals surface area contributed by atoms with Gasteiger partial charge in [0.25, 0.3) is 0 Å². The lowest BCUT2D eigenvalue weighted by molar-refractivity contribution is -0.141. The van der Waals surface area contributed by atoms with E-state index in [2.05, 4.69) is 4.98 Å². The highest BCUT2D eigenvalue weighted by Gasteiger charge is 2.32. The summed E-state index contributed by atoms with van der Waals surface area (Å²) in [5.74, 6) is -0.618. The lowest BCUT2D eigenvalue weighted by Gasteiger charge is -2.08. The molecule has 1 aromatic heterocycles. The molecule has 0 atom stereocenters. The Hall–Kier alpha value is -2.11. The van der Waals surface area contributed by atoms with E-state index in [0.29, 0.717) is 11.1 Å². The SMILES string of the molecule is Nc1c(F)cccc1-c1ccc(C(F)(F)F)nc1. The summed E-state index contributed by atoms with van der Waals surface area (Å²) in [6, 6.07) is 6.17. The van der Waals surface area contributed by atoms with Gasteiger partial charge in [-0.2, -0.15) is 13.2 Å². The van der Waals surface area contributed by atoms with Gasteiger partial charge < -0.3 is 5.73 Å². The average Bonchev–Trinajstić information content (AvgIpc) is 2.32. The summed E-state index contributed by atoms with van der Waals surface area (Å²) in [4.78, 5) is 3.29. The second-order valence-corrected chi connectivity index (χ2v) is 3.63. The van der Waals surface area contributed by atoms with Gasteiger partial charge in [0.1, 0.15) is 11.5 Å². The summed E-state index contributed by atoms with van der Waals surface area (Å²) in [5, 5.41) is 0. The highest BCUT2D eigenvalue weighted by Crippen LogP contribution is 2.31. The minimum atomic E-state index is -4.49. The molecule has 6 heteroatoms. The van der Waals surface area contributed by atoms with Crippen molar-refractivity contribution in [3.05, 3.63) is 48.0 Å². The fraction of sp³-hybridized carbons (Fsp3) is 0.0833. The van der Waals surface area contributed by atoms with E-state index in [1.807, 2.05) is 0 Å². The van der Waals surface area contributed by atoms with Crippen LogP contribution in [0.3, 0.4) is 0 Å². The molecule has 18 heavy (non-hydrogen) atoms. The first kappa shape index (κ1) is 12.3. The normalized spacial score (nSPS) is 11.6.